The van der Waals surface area contributed by atoms with Crippen molar-refractivity contribution in [3.63, 3.8) is 0 Å². The summed E-state index contributed by atoms with van der Waals surface area (Å²) in [6.45, 7) is 9.54. The highest BCUT2D eigenvalue weighted by atomic mass is 15.2. The van der Waals surface area contributed by atoms with Gasteiger partial charge in [0.05, 0.1) is 12.4 Å². The summed E-state index contributed by atoms with van der Waals surface area (Å²) in [5.41, 5.74) is 0. The van der Waals surface area contributed by atoms with Crippen LogP contribution in [0.15, 0.2) is 12.4 Å². The SMILES string of the molecule is CCNc1cncc(N(C)C(C)C(C)C)n1. The lowest BCUT2D eigenvalue weighted by Gasteiger charge is -2.28. The van der Waals surface area contributed by atoms with Gasteiger partial charge in [-0.1, -0.05) is 13.8 Å². The lowest BCUT2D eigenvalue weighted by molar-refractivity contribution is 0.502. The molecule has 4 nitrogen and oxygen atoms in total. The standard InChI is InChI=1S/C12H22N4/c1-6-14-11-7-13-8-12(15-11)16(5)10(4)9(2)3/h7-10H,6H2,1-5H3,(H,14,15). The molecule has 1 atom stereocenters. The molecule has 16 heavy (non-hydrogen) atoms. The summed E-state index contributed by atoms with van der Waals surface area (Å²) >= 11 is 0. The van der Waals surface area contributed by atoms with Gasteiger partial charge in [-0.15, -0.1) is 0 Å². The molecule has 1 heterocycles. The molecule has 0 radical (unpaired) electrons. The Morgan fingerprint density at radius 2 is 2.00 bits per heavy atom. The summed E-state index contributed by atoms with van der Waals surface area (Å²) in [5.74, 6) is 2.34. The van der Waals surface area contributed by atoms with Crippen LogP contribution in [0.3, 0.4) is 0 Å². The molecule has 1 N–H and O–H groups in total. The molecule has 0 saturated heterocycles. The number of nitrogens with one attached hydrogen (secondary N) is 1. The first-order valence-corrected chi connectivity index (χ1v) is 5.85. The van der Waals surface area contributed by atoms with E-state index in [1.165, 1.54) is 0 Å². The number of anilines is 2. The van der Waals surface area contributed by atoms with Crippen molar-refractivity contribution in [3.05, 3.63) is 12.4 Å². The molecule has 0 aliphatic rings. The normalized spacial score (nSPS) is 12.6. The van der Waals surface area contributed by atoms with E-state index in [4.69, 9.17) is 0 Å². The highest BCUT2D eigenvalue weighted by Gasteiger charge is 2.15. The van der Waals surface area contributed by atoms with E-state index in [0.717, 1.165) is 18.2 Å². The van der Waals surface area contributed by atoms with Crippen molar-refractivity contribution in [1.29, 1.82) is 0 Å². The van der Waals surface area contributed by atoms with E-state index < -0.39 is 0 Å². The van der Waals surface area contributed by atoms with Crippen molar-refractivity contribution in [3.8, 4) is 0 Å². The molecule has 0 bridgehead atoms. The highest BCUT2D eigenvalue weighted by molar-refractivity contribution is 5.43. The van der Waals surface area contributed by atoms with Crippen LogP contribution in [0.25, 0.3) is 0 Å². The Balaban J connectivity index is 2.82. The van der Waals surface area contributed by atoms with Gasteiger partial charge in [0, 0.05) is 19.6 Å². The van der Waals surface area contributed by atoms with Gasteiger partial charge in [-0.05, 0) is 19.8 Å². The minimum Gasteiger partial charge on any atom is -0.369 e. The Morgan fingerprint density at radius 3 is 2.56 bits per heavy atom. The average Bonchev–Trinajstić information content (AvgIpc) is 2.28. The number of nitrogens with zero attached hydrogens (tertiary/aromatic N) is 3. The molecular formula is C12H22N4. The second-order valence-electron chi connectivity index (χ2n) is 4.39. The number of aromatic nitrogens is 2. The molecule has 0 saturated carbocycles. The molecule has 0 aliphatic carbocycles. The fraction of sp³-hybridized carbons (Fsp3) is 0.667. The van der Waals surface area contributed by atoms with Crippen LogP contribution in [0.1, 0.15) is 27.7 Å². The number of hydrogen-bond acceptors (Lipinski definition) is 4. The van der Waals surface area contributed by atoms with Crippen LogP contribution >= 0.6 is 0 Å². The van der Waals surface area contributed by atoms with Crippen LogP contribution < -0.4 is 10.2 Å². The smallest absolute Gasteiger partial charge is 0.149 e. The van der Waals surface area contributed by atoms with Crippen LogP contribution in [0.4, 0.5) is 11.6 Å². The maximum Gasteiger partial charge on any atom is 0.149 e. The predicted molar refractivity (Wildman–Crippen MR) is 68.9 cm³/mol. The quantitative estimate of drug-likeness (QED) is 0.830. The molecule has 1 aromatic rings. The van der Waals surface area contributed by atoms with Crippen LogP contribution in [-0.4, -0.2) is 29.6 Å². The van der Waals surface area contributed by atoms with Crippen molar-refractivity contribution in [1.82, 2.24) is 9.97 Å². The van der Waals surface area contributed by atoms with Gasteiger partial charge in [-0.2, -0.15) is 0 Å². The van der Waals surface area contributed by atoms with Crippen molar-refractivity contribution in [2.75, 3.05) is 23.8 Å². The van der Waals surface area contributed by atoms with Crippen LogP contribution in [-0.2, 0) is 0 Å². The maximum absolute atomic E-state index is 4.52. The highest BCUT2D eigenvalue weighted by Crippen LogP contribution is 2.17. The van der Waals surface area contributed by atoms with Crippen LogP contribution in [0.2, 0.25) is 0 Å². The largest absolute Gasteiger partial charge is 0.369 e. The van der Waals surface area contributed by atoms with E-state index in [0.29, 0.717) is 12.0 Å². The zero-order chi connectivity index (χ0) is 12.1. The molecular weight excluding hydrogens is 200 g/mol. The Morgan fingerprint density at radius 1 is 1.31 bits per heavy atom. The number of rotatable bonds is 5. The summed E-state index contributed by atoms with van der Waals surface area (Å²) in [5, 5.41) is 3.17. The molecule has 0 spiro atoms. The third kappa shape index (κ3) is 3.08. The Bertz CT molecular complexity index is 325. The van der Waals surface area contributed by atoms with E-state index in [-0.39, 0.29) is 0 Å². The van der Waals surface area contributed by atoms with Gasteiger partial charge in [0.15, 0.2) is 0 Å². The molecule has 0 amide bonds. The fourth-order valence-electron chi connectivity index (χ4n) is 1.45. The first-order chi connectivity index (χ1) is 7.56. The third-order valence-corrected chi connectivity index (χ3v) is 2.92. The van der Waals surface area contributed by atoms with Gasteiger partial charge < -0.3 is 10.2 Å². The summed E-state index contributed by atoms with van der Waals surface area (Å²) < 4.78 is 0. The summed E-state index contributed by atoms with van der Waals surface area (Å²) in [6.07, 6.45) is 3.56. The van der Waals surface area contributed by atoms with Gasteiger partial charge >= 0.3 is 0 Å². The zero-order valence-corrected chi connectivity index (χ0v) is 10.9. The minimum atomic E-state index is 0.450. The Hall–Kier alpha value is -1.32. The molecule has 4 heteroatoms. The van der Waals surface area contributed by atoms with E-state index >= 15 is 0 Å². The van der Waals surface area contributed by atoms with Crippen molar-refractivity contribution >= 4 is 11.6 Å². The second-order valence-corrected chi connectivity index (χ2v) is 4.39. The van der Waals surface area contributed by atoms with E-state index in [9.17, 15) is 0 Å². The van der Waals surface area contributed by atoms with E-state index in [2.05, 4.69) is 54.9 Å². The van der Waals surface area contributed by atoms with E-state index in [1.54, 1.807) is 12.4 Å². The lowest BCUT2D eigenvalue weighted by atomic mass is 10.1. The topological polar surface area (TPSA) is 41.1 Å². The first-order valence-electron chi connectivity index (χ1n) is 5.85. The summed E-state index contributed by atoms with van der Waals surface area (Å²) in [4.78, 5) is 10.9. The van der Waals surface area contributed by atoms with Gasteiger partial charge in [0.1, 0.15) is 11.6 Å². The van der Waals surface area contributed by atoms with Gasteiger partial charge in [0.25, 0.3) is 0 Å². The Labute approximate surface area is 98.1 Å². The predicted octanol–water partition coefficient (Wildman–Crippen LogP) is 2.39. The van der Waals surface area contributed by atoms with Crippen molar-refractivity contribution < 1.29 is 0 Å². The first kappa shape index (κ1) is 12.7. The van der Waals surface area contributed by atoms with E-state index in [1.807, 2.05) is 0 Å². The summed E-state index contributed by atoms with van der Waals surface area (Å²) in [7, 11) is 2.06. The van der Waals surface area contributed by atoms with Crippen molar-refractivity contribution in [2.45, 2.75) is 33.7 Å². The molecule has 0 fully saturated rings. The minimum absolute atomic E-state index is 0.450. The van der Waals surface area contributed by atoms with Gasteiger partial charge in [-0.3, -0.25) is 4.98 Å². The maximum atomic E-state index is 4.52. The number of hydrogen-bond donors (Lipinski definition) is 1. The summed E-state index contributed by atoms with van der Waals surface area (Å²) in [6, 6.07) is 0.450. The molecule has 0 aliphatic heterocycles. The molecule has 90 valence electrons. The molecule has 0 aromatic carbocycles. The third-order valence-electron chi connectivity index (χ3n) is 2.92. The lowest BCUT2D eigenvalue weighted by Crippen LogP contribution is -2.33. The van der Waals surface area contributed by atoms with Crippen molar-refractivity contribution in [2.24, 2.45) is 5.92 Å². The molecule has 1 rings (SSSR count). The monoisotopic (exact) mass is 222 g/mol. The molecule has 1 aromatic heterocycles. The van der Waals surface area contributed by atoms with Gasteiger partial charge in [0.2, 0.25) is 0 Å². The zero-order valence-electron chi connectivity index (χ0n) is 10.9. The molecule has 1 unspecified atom stereocenters. The van der Waals surface area contributed by atoms with Crippen LogP contribution in [0.5, 0.6) is 0 Å². The fourth-order valence-corrected chi connectivity index (χ4v) is 1.45. The van der Waals surface area contributed by atoms with Crippen LogP contribution in [0, 0.1) is 5.92 Å². The second kappa shape index (κ2) is 5.68. The Kier molecular flexibility index (Phi) is 4.52. The average molecular weight is 222 g/mol. The van der Waals surface area contributed by atoms with Gasteiger partial charge in [-0.25, -0.2) is 4.98 Å².